The summed E-state index contributed by atoms with van der Waals surface area (Å²) in [7, 11) is 0. The molecule has 4 heterocycles. The smallest absolute Gasteiger partial charge is 0.208 e. The summed E-state index contributed by atoms with van der Waals surface area (Å²) < 4.78 is 6.11. The summed E-state index contributed by atoms with van der Waals surface area (Å²) in [5, 5.41) is 13.8. The summed E-state index contributed by atoms with van der Waals surface area (Å²) >= 11 is 3.39. The standard InChI is InChI=1S/C15H21N5OS2/c1-10-16-13(9-22-10)7-19-3-4-21-14-8-20(6-12(14)5-19)15-18-17-11(2)23-15/h9,12,14H,3-8H2,1-2H3/t12-,14+/m1/s1. The van der Waals surface area contributed by atoms with Gasteiger partial charge in [0.25, 0.3) is 0 Å². The summed E-state index contributed by atoms with van der Waals surface area (Å²) in [5.41, 5.74) is 1.18. The molecule has 0 spiro atoms. The number of hydrogen-bond acceptors (Lipinski definition) is 8. The molecule has 0 amide bonds. The van der Waals surface area contributed by atoms with Crippen molar-refractivity contribution < 1.29 is 4.74 Å². The summed E-state index contributed by atoms with van der Waals surface area (Å²) in [6.45, 7) is 9.78. The molecule has 0 aliphatic carbocycles. The second kappa shape index (κ2) is 6.43. The zero-order valence-electron chi connectivity index (χ0n) is 13.4. The molecular weight excluding hydrogens is 330 g/mol. The molecule has 124 valence electrons. The molecule has 6 nitrogen and oxygen atoms in total. The fraction of sp³-hybridized carbons (Fsp3) is 0.667. The molecule has 0 aromatic carbocycles. The van der Waals surface area contributed by atoms with Gasteiger partial charge in [-0.1, -0.05) is 11.3 Å². The third kappa shape index (κ3) is 3.40. The van der Waals surface area contributed by atoms with Gasteiger partial charge in [0.1, 0.15) is 5.01 Å². The van der Waals surface area contributed by atoms with Crippen LogP contribution in [0.1, 0.15) is 15.7 Å². The van der Waals surface area contributed by atoms with E-state index >= 15 is 0 Å². The van der Waals surface area contributed by atoms with Crippen molar-refractivity contribution in [1.29, 1.82) is 0 Å². The van der Waals surface area contributed by atoms with E-state index in [9.17, 15) is 0 Å². The molecule has 0 bridgehead atoms. The van der Waals surface area contributed by atoms with Crippen LogP contribution in [-0.2, 0) is 11.3 Å². The van der Waals surface area contributed by atoms with Crippen LogP contribution in [0.4, 0.5) is 5.13 Å². The topological polar surface area (TPSA) is 54.4 Å². The lowest BCUT2D eigenvalue weighted by atomic mass is 10.1. The minimum Gasteiger partial charge on any atom is -0.375 e. The average molecular weight is 352 g/mol. The van der Waals surface area contributed by atoms with Crippen LogP contribution in [0.25, 0.3) is 0 Å². The Hall–Kier alpha value is -1.09. The number of hydrogen-bond donors (Lipinski definition) is 0. The normalized spacial score (nSPS) is 25.6. The molecule has 2 aromatic rings. The van der Waals surface area contributed by atoms with Crippen LogP contribution in [-0.4, -0.2) is 59.0 Å². The maximum absolute atomic E-state index is 6.11. The molecule has 2 atom stereocenters. The Labute approximate surface area is 144 Å². The van der Waals surface area contributed by atoms with Crippen LogP contribution in [0.3, 0.4) is 0 Å². The van der Waals surface area contributed by atoms with Crippen molar-refractivity contribution in [2.24, 2.45) is 5.92 Å². The first kappa shape index (κ1) is 15.4. The Kier molecular flexibility index (Phi) is 4.31. The van der Waals surface area contributed by atoms with E-state index in [-0.39, 0.29) is 0 Å². The number of aryl methyl sites for hydroxylation is 2. The Balaban J connectivity index is 1.42. The Morgan fingerprint density at radius 2 is 2.13 bits per heavy atom. The molecule has 2 fully saturated rings. The largest absolute Gasteiger partial charge is 0.375 e. The van der Waals surface area contributed by atoms with E-state index in [1.54, 1.807) is 22.7 Å². The van der Waals surface area contributed by atoms with Crippen molar-refractivity contribution in [2.45, 2.75) is 26.5 Å². The summed E-state index contributed by atoms with van der Waals surface area (Å²) in [4.78, 5) is 9.41. The maximum atomic E-state index is 6.11. The predicted octanol–water partition coefficient (Wildman–Crippen LogP) is 1.95. The van der Waals surface area contributed by atoms with Crippen molar-refractivity contribution in [3.8, 4) is 0 Å². The van der Waals surface area contributed by atoms with E-state index in [0.29, 0.717) is 12.0 Å². The fourth-order valence-corrected chi connectivity index (χ4v) is 4.69. The van der Waals surface area contributed by atoms with Crippen LogP contribution in [0.15, 0.2) is 5.38 Å². The molecule has 2 aliphatic rings. The van der Waals surface area contributed by atoms with Crippen molar-refractivity contribution in [3.05, 3.63) is 21.1 Å². The first-order valence-electron chi connectivity index (χ1n) is 7.97. The molecule has 0 unspecified atom stereocenters. The number of aromatic nitrogens is 3. The second-order valence-corrected chi connectivity index (χ2v) is 8.49. The van der Waals surface area contributed by atoms with Crippen LogP contribution in [0.2, 0.25) is 0 Å². The quantitative estimate of drug-likeness (QED) is 0.842. The van der Waals surface area contributed by atoms with Gasteiger partial charge in [0.05, 0.1) is 23.4 Å². The van der Waals surface area contributed by atoms with E-state index in [0.717, 1.165) is 54.5 Å². The van der Waals surface area contributed by atoms with E-state index in [1.807, 2.05) is 6.92 Å². The summed E-state index contributed by atoms with van der Waals surface area (Å²) in [5.74, 6) is 0.529. The molecule has 2 aromatic heterocycles. The first-order valence-corrected chi connectivity index (χ1v) is 9.67. The Bertz CT molecular complexity index is 672. The van der Waals surface area contributed by atoms with E-state index in [4.69, 9.17) is 4.74 Å². The van der Waals surface area contributed by atoms with Gasteiger partial charge in [-0.05, 0) is 13.8 Å². The molecule has 0 N–H and O–H groups in total. The number of thiazole rings is 1. The third-order valence-corrected chi connectivity index (χ3v) is 6.17. The molecular formula is C15H21N5OS2. The zero-order valence-corrected chi connectivity index (χ0v) is 15.1. The van der Waals surface area contributed by atoms with E-state index in [1.165, 1.54) is 5.69 Å². The predicted molar refractivity (Wildman–Crippen MR) is 92.2 cm³/mol. The molecule has 0 saturated carbocycles. The summed E-state index contributed by atoms with van der Waals surface area (Å²) in [6, 6.07) is 0. The Morgan fingerprint density at radius 1 is 1.22 bits per heavy atom. The molecule has 0 radical (unpaired) electrons. The minimum absolute atomic E-state index is 0.307. The number of rotatable bonds is 3. The lowest BCUT2D eigenvalue weighted by Crippen LogP contribution is -2.32. The average Bonchev–Trinajstić information content (AvgIpc) is 3.19. The zero-order chi connectivity index (χ0) is 15.8. The lowest BCUT2D eigenvalue weighted by Gasteiger charge is -2.22. The number of fused-ring (bicyclic) bond motifs is 1. The molecule has 2 aliphatic heterocycles. The maximum Gasteiger partial charge on any atom is 0.208 e. The third-order valence-electron chi connectivity index (χ3n) is 4.45. The van der Waals surface area contributed by atoms with Gasteiger partial charge in [0.2, 0.25) is 5.13 Å². The van der Waals surface area contributed by atoms with Gasteiger partial charge in [-0.25, -0.2) is 4.98 Å². The SMILES string of the molecule is Cc1nc(CN2CCO[C@H]3CN(c4nnc(C)s4)C[C@H]3C2)cs1. The van der Waals surface area contributed by atoms with Gasteiger partial charge in [-0.3, -0.25) is 4.90 Å². The van der Waals surface area contributed by atoms with Gasteiger partial charge in [-0.15, -0.1) is 21.5 Å². The van der Waals surface area contributed by atoms with E-state index < -0.39 is 0 Å². The highest BCUT2D eigenvalue weighted by Crippen LogP contribution is 2.30. The highest BCUT2D eigenvalue weighted by Gasteiger charge is 2.37. The molecule has 23 heavy (non-hydrogen) atoms. The number of anilines is 1. The number of nitrogens with zero attached hydrogens (tertiary/aromatic N) is 5. The summed E-state index contributed by atoms with van der Waals surface area (Å²) in [6.07, 6.45) is 0.307. The minimum atomic E-state index is 0.307. The van der Waals surface area contributed by atoms with Crippen LogP contribution in [0.5, 0.6) is 0 Å². The van der Waals surface area contributed by atoms with Gasteiger partial charge in [0.15, 0.2) is 0 Å². The van der Waals surface area contributed by atoms with Gasteiger partial charge in [-0.2, -0.15) is 0 Å². The van der Waals surface area contributed by atoms with Crippen LogP contribution in [0, 0.1) is 19.8 Å². The second-order valence-electron chi connectivity index (χ2n) is 6.27. The Morgan fingerprint density at radius 3 is 2.87 bits per heavy atom. The van der Waals surface area contributed by atoms with Gasteiger partial charge < -0.3 is 9.64 Å². The first-order chi connectivity index (χ1) is 11.2. The molecule has 8 heteroatoms. The monoisotopic (exact) mass is 351 g/mol. The van der Waals surface area contributed by atoms with E-state index in [2.05, 4.69) is 37.3 Å². The van der Waals surface area contributed by atoms with Crippen molar-refractivity contribution in [1.82, 2.24) is 20.1 Å². The van der Waals surface area contributed by atoms with Crippen molar-refractivity contribution >= 4 is 27.8 Å². The highest BCUT2D eigenvalue weighted by atomic mass is 32.1. The van der Waals surface area contributed by atoms with Crippen LogP contribution >= 0.6 is 22.7 Å². The van der Waals surface area contributed by atoms with Gasteiger partial charge in [0, 0.05) is 44.0 Å². The molecule has 2 saturated heterocycles. The molecule has 4 rings (SSSR count). The van der Waals surface area contributed by atoms with Crippen molar-refractivity contribution in [2.75, 3.05) is 37.7 Å². The van der Waals surface area contributed by atoms with Crippen LogP contribution < -0.4 is 4.90 Å². The van der Waals surface area contributed by atoms with Gasteiger partial charge >= 0.3 is 0 Å². The number of ether oxygens (including phenoxy) is 1. The fourth-order valence-electron chi connectivity index (χ4n) is 3.39. The van der Waals surface area contributed by atoms with Crippen molar-refractivity contribution in [3.63, 3.8) is 0 Å². The highest BCUT2D eigenvalue weighted by molar-refractivity contribution is 7.15. The lowest BCUT2D eigenvalue weighted by molar-refractivity contribution is 0.0579.